The highest BCUT2D eigenvalue weighted by atomic mass is 32.1. The Balaban J connectivity index is 1.41. The molecular formula is C25H24N4O4S. The Morgan fingerprint density at radius 1 is 1.00 bits per heavy atom. The van der Waals surface area contributed by atoms with E-state index < -0.39 is 0 Å². The average molecular weight is 477 g/mol. The van der Waals surface area contributed by atoms with E-state index in [1.807, 2.05) is 42.5 Å². The zero-order chi connectivity index (χ0) is 23.8. The van der Waals surface area contributed by atoms with E-state index >= 15 is 0 Å². The molecule has 0 fully saturated rings. The molecule has 0 unspecified atom stereocenters. The van der Waals surface area contributed by atoms with Crippen molar-refractivity contribution < 1.29 is 19.0 Å². The molecule has 0 aliphatic carbocycles. The Morgan fingerprint density at radius 3 is 2.71 bits per heavy atom. The predicted octanol–water partition coefficient (Wildman–Crippen LogP) is 4.31. The third-order valence-electron chi connectivity index (χ3n) is 4.96. The number of hydrogen-bond acceptors (Lipinski definition) is 8. The smallest absolute Gasteiger partial charge is 0.298 e. The lowest BCUT2D eigenvalue weighted by Crippen LogP contribution is -2.25. The fourth-order valence-electron chi connectivity index (χ4n) is 3.26. The van der Waals surface area contributed by atoms with Gasteiger partial charge < -0.3 is 19.5 Å². The summed E-state index contributed by atoms with van der Waals surface area (Å²) in [4.78, 5) is 21.4. The van der Waals surface area contributed by atoms with E-state index in [0.717, 1.165) is 28.5 Å². The largest absolute Gasteiger partial charge is 0.497 e. The molecule has 0 atom stereocenters. The van der Waals surface area contributed by atoms with E-state index in [1.165, 1.54) is 0 Å². The van der Waals surface area contributed by atoms with Crippen molar-refractivity contribution in [3.8, 4) is 22.4 Å². The zero-order valence-electron chi connectivity index (χ0n) is 18.9. The van der Waals surface area contributed by atoms with Crippen molar-refractivity contribution in [2.45, 2.75) is 12.8 Å². The zero-order valence-corrected chi connectivity index (χ0v) is 19.7. The molecule has 1 N–H and O–H groups in total. The average Bonchev–Trinajstić information content (AvgIpc) is 3.31. The second-order valence-electron chi connectivity index (χ2n) is 7.30. The summed E-state index contributed by atoms with van der Waals surface area (Å²) in [6, 6.07) is 18.5. The Kier molecular flexibility index (Phi) is 7.67. The van der Waals surface area contributed by atoms with Gasteiger partial charge in [-0.1, -0.05) is 18.2 Å². The van der Waals surface area contributed by atoms with E-state index in [4.69, 9.17) is 14.2 Å². The summed E-state index contributed by atoms with van der Waals surface area (Å²) >= 11 is 1.14. The van der Waals surface area contributed by atoms with Gasteiger partial charge in [0, 0.05) is 48.4 Å². The molecule has 0 radical (unpaired) electrons. The predicted molar refractivity (Wildman–Crippen MR) is 129 cm³/mol. The normalized spacial score (nSPS) is 10.5. The van der Waals surface area contributed by atoms with Gasteiger partial charge in [-0.3, -0.25) is 9.78 Å². The van der Waals surface area contributed by atoms with Crippen molar-refractivity contribution in [3.05, 3.63) is 89.5 Å². The first-order valence-corrected chi connectivity index (χ1v) is 11.4. The summed E-state index contributed by atoms with van der Waals surface area (Å²) in [5.41, 5.74) is 2.41. The summed E-state index contributed by atoms with van der Waals surface area (Å²) in [6.45, 7) is 0.474. The molecule has 0 spiro atoms. The van der Waals surface area contributed by atoms with Gasteiger partial charge in [0.05, 0.1) is 14.2 Å². The van der Waals surface area contributed by atoms with Crippen LogP contribution in [0.15, 0.2) is 66.9 Å². The number of nitrogens with one attached hydrogen (secondary N) is 1. The van der Waals surface area contributed by atoms with Gasteiger partial charge in [0.15, 0.2) is 17.3 Å². The van der Waals surface area contributed by atoms with Crippen LogP contribution < -0.4 is 19.5 Å². The minimum absolute atomic E-state index is 0.209. The van der Waals surface area contributed by atoms with Gasteiger partial charge in [-0.25, -0.2) is 0 Å². The van der Waals surface area contributed by atoms with Gasteiger partial charge in [-0.2, -0.15) is 9.36 Å². The molecule has 0 bridgehead atoms. The summed E-state index contributed by atoms with van der Waals surface area (Å²) in [5, 5.41) is 3.27. The number of carbonyl (C=O) groups is 1. The second-order valence-corrected chi connectivity index (χ2v) is 8.01. The quantitative estimate of drug-likeness (QED) is 0.364. The van der Waals surface area contributed by atoms with Crippen LogP contribution in [0.4, 0.5) is 0 Å². The molecule has 34 heavy (non-hydrogen) atoms. The first-order valence-electron chi connectivity index (χ1n) is 10.6. The highest BCUT2D eigenvalue weighted by Crippen LogP contribution is 2.33. The maximum atomic E-state index is 12.6. The molecule has 1 amide bonds. The van der Waals surface area contributed by atoms with Gasteiger partial charge in [0.1, 0.15) is 5.75 Å². The van der Waals surface area contributed by atoms with Crippen LogP contribution in [0.3, 0.4) is 0 Å². The van der Waals surface area contributed by atoms with Crippen molar-refractivity contribution in [3.63, 3.8) is 0 Å². The van der Waals surface area contributed by atoms with Gasteiger partial charge in [0.2, 0.25) is 0 Å². The molecule has 9 heteroatoms. The molecular weight excluding hydrogens is 452 g/mol. The number of aromatic nitrogens is 3. The number of hydrogen-bond donors (Lipinski definition) is 1. The lowest BCUT2D eigenvalue weighted by atomic mass is 10.1. The summed E-state index contributed by atoms with van der Waals surface area (Å²) < 4.78 is 21.0. The third kappa shape index (κ3) is 6.08. The SMILES string of the molecule is COc1cccc(Cc2nsc(Oc3cc(C(=O)NCCc4ccccn4)ccc3OC)n2)c1. The molecule has 4 rings (SSSR count). The van der Waals surface area contributed by atoms with Gasteiger partial charge in [-0.15, -0.1) is 0 Å². The number of methoxy groups -OCH3 is 2. The Hall–Kier alpha value is -3.98. The number of ether oxygens (including phenoxy) is 3. The third-order valence-corrected chi connectivity index (χ3v) is 5.59. The molecule has 0 saturated carbocycles. The fourth-order valence-corrected chi connectivity index (χ4v) is 3.82. The Labute approximate surface area is 201 Å². The van der Waals surface area contributed by atoms with Crippen molar-refractivity contribution in [1.29, 1.82) is 0 Å². The standard InChI is InChI=1S/C25H24N4O4S/c1-31-20-8-5-6-17(14-20)15-23-28-25(34-29-23)33-22-16-18(9-10-21(22)32-2)24(30)27-13-11-19-7-3-4-12-26-19/h3-10,12,14,16H,11,13,15H2,1-2H3,(H,27,30). The molecule has 2 aromatic heterocycles. The van der Waals surface area contributed by atoms with E-state index in [9.17, 15) is 4.79 Å². The number of pyridine rings is 1. The topological polar surface area (TPSA) is 95.5 Å². The van der Waals surface area contributed by atoms with Gasteiger partial charge >= 0.3 is 0 Å². The van der Waals surface area contributed by atoms with E-state index in [0.29, 0.717) is 47.5 Å². The summed E-state index contributed by atoms with van der Waals surface area (Å²) in [7, 11) is 3.18. The van der Waals surface area contributed by atoms with Crippen LogP contribution in [0.5, 0.6) is 22.4 Å². The minimum atomic E-state index is -0.209. The van der Waals surface area contributed by atoms with Crippen molar-refractivity contribution >= 4 is 17.4 Å². The van der Waals surface area contributed by atoms with Gasteiger partial charge in [0.25, 0.3) is 11.1 Å². The molecule has 174 valence electrons. The van der Waals surface area contributed by atoms with Crippen LogP contribution in [0.1, 0.15) is 27.4 Å². The minimum Gasteiger partial charge on any atom is -0.497 e. The molecule has 4 aromatic rings. The molecule has 0 saturated heterocycles. The fraction of sp³-hybridized carbons (Fsp3) is 0.200. The van der Waals surface area contributed by atoms with Crippen molar-refractivity contribution in [2.24, 2.45) is 0 Å². The monoisotopic (exact) mass is 476 g/mol. The van der Waals surface area contributed by atoms with Crippen LogP contribution in [0.2, 0.25) is 0 Å². The number of amides is 1. The maximum absolute atomic E-state index is 12.6. The first kappa shape index (κ1) is 23.2. The van der Waals surface area contributed by atoms with Crippen LogP contribution in [0, 0.1) is 0 Å². The van der Waals surface area contributed by atoms with E-state index in [1.54, 1.807) is 38.6 Å². The van der Waals surface area contributed by atoms with Crippen LogP contribution in [0.25, 0.3) is 0 Å². The number of rotatable bonds is 10. The summed E-state index contributed by atoms with van der Waals surface area (Å²) in [5.74, 6) is 2.10. The first-order chi connectivity index (χ1) is 16.6. The second kappa shape index (κ2) is 11.2. The lowest BCUT2D eigenvalue weighted by molar-refractivity contribution is 0.0953. The highest BCUT2D eigenvalue weighted by molar-refractivity contribution is 7.07. The molecule has 2 aromatic carbocycles. The van der Waals surface area contributed by atoms with E-state index in [2.05, 4.69) is 19.7 Å². The lowest BCUT2D eigenvalue weighted by Gasteiger charge is -2.10. The number of benzene rings is 2. The van der Waals surface area contributed by atoms with Crippen LogP contribution in [-0.2, 0) is 12.8 Å². The Bertz CT molecular complexity index is 1250. The molecule has 0 aliphatic heterocycles. The molecule has 8 nitrogen and oxygen atoms in total. The molecule has 0 aliphatic rings. The van der Waals surface area contributed by atoms with Crippen molar-refractivity contribution in [2.75, 3.05) is 20.8 Å². The molecule has 2 heterocycles. The van der Waals surface area contributed by atoms with Gasteiger partial charge in [-0.05, 0) is 48.0 Å². The van der Waals surface area contributed by atoms with Crippen LogP contribution in [-0.4, -0.2) is 41.0 Å². The number of carbonyl (C=O) groups excluding carboxylic acids is 1. The maximum Gasteiger partial charge on any atom is 0.298 e. The summed E-state index contributed by atoms with van der Waals surface area (Å²) in [6.07, 6.45) is 2.93. The van der Waals surface area contributed by atoms with Crippen LogP contribution >= 0.6 is 11.5 Å². The Morgan fingerprint density at radius 2 is 1.91 bits per heavy atom. The van der Waals surface area contributed by atoms with E-state index in [-0.39, 0.29) is 5.91 Å². The number of nitrogens with zero attached hydrogens (tertiary/aromatic N) is 3. The highest BCUT2D eigenvalue weighted by Gasteiger charge is 2.15. The van der Waals surface area contributed by atoms with Crippen molar-refractivity contribution in [1.82, 2.24) is 19.7 Å².